The van der Waals surface area contributed by atoms with Crippen LogP contribution in [0.15, 0.2) is 41.8 Å². The molecule has 25 heavy (non-hydrogen) atoms. The number of nitrogens with zero attached hydrogens (tertiary/aromatic N) is 2. The first-order chi connectivity index (χ1) is 12.0. The van der Waals surface area contributed by atoms with Crippen LogP contribution in [0.5, 0.6) is 11.6 Å². The number of thiophene rings is 1. The fourth-order valence-electron chi connectivity index (χ4n) is 2.16. The summed E-state index contributed by atoms with van der Waals surface area (Å²) in [6, 6.07) is 9.40. The average Bonchev–Trinajstić information content (AvgIpc) is 3.10. The summed E-state index contributed by atoms with van der Waals surface area (Å²) in [7, 11) is 0. The summed E-state index contributed by atoms with van der Waals surface area (Å²) in [5, 5.41) is 24.1. The smallest absolute Gasteiger partial charge is 0.274 e. The summed E-state index contributed by atoms with van der Waals surface area (Å²) in [5.41, 5.74) is 0.382. The number of nitrogens with one attached hydrogen (secondary N) is 1. The van der Waals surface area contributed by atoms with Crippen LogP contribution in [0.2, 0.25) is 0 Å². The lowest BCUT2D eigenvalue weighted by Crippen LogP contribution is -2.24. The molecular weight excluding hydrogens is 345 g/mol. The second-order valence-corrected chi connectivity index (χ2v) is 6.26. The summed E-state index contributed by atoms with van der Waals surface area (Å²) in [5.74, 6) is -2.12. The van der Waals surface area contributed by atoms with Gasteiger partial charge in [0, 0.05) is 17.8 Å². The zero-order chi connectivity index (χ0) is 17.8. The Morgan fingerprint density at radius 2 is 1.92 bits per heavy atom. The number of rotatable bonds is 5. The van der Waals surface area contributed by atoms with E-state index in [1.807, 2.05) is 17.5 Å². The molecular formula is C17H14FN3O3S. The lowest BCUT2D eigenvalue weighted by Gasteiger charge is -2.09. The molecule has 3 N–H and O–H groups in total. The van der Waals surface area contributed by atoms with E-state index in [0.29, 0.717) is 12.0 Å². The van der Waals surface area contributed by atoms with Gasteiger partial charge < -0.3 is 15.5 Å². The van der Waals surface area contributed by atoms with Gasteiger partial charge in [0.15, 0.2) is 5.69 Å². The van der Waals surface area contributed by atoms with E-state index in [4.69, 9.17) is 0 Å². The highest BCUT2D eigenvalue weighted by atomic mass is 32.1. The molecule has 1 aromatic carbocycles. The minimum atomic E-state index is -0.675. The highest BCUT2D eigenvalue weighted by Crippen LogP contribution is 2.26. The number of halogens is 1. The molecule has 1 amide bonds. The van der Waals surface area contributed by atoms with Crippen LogP contribution in [0.25, 0.3) is 0 Å². The van der Waals surface area contributed by atoms with Gasteiger partial charge in [-0.15, -0.1) is 11.3 Å². The SMILES string of the molecule is O=C(NCc1ccc(F)cc1)c1nc(Cc2cccs2)nc(O)c1O. The maximum Gasteiger partial charge on any atom is 0.274 e. The van der Waals surface area contributed by atoms with Gasteiger partial charge in [-0.25, -0.2) is 9.37 Å². The Labute approximate surface area is 146 Å². The third-order valence-corrected chi connectivity index (χ3v) is 4.28. The highest BCUT2D eigenvalue weighted by Gasteiger charge is 2.19. The second kappa shape index (κ2) is 7.27. The minimum Gasteiger partial charge on any atom is -0.501 e. The van der Waals surface area contributed by atoms with Gasteiger partial charge in [0.05, 0.1) is 0 Å². The molecule has 0 unspecified atom stereocenters. The van der Waals surface area contributed by atoms with Crippen molar-refractivity contribution in [3.05, 3.63) is 69.6 Å². The van der Waals surface area contributed by atoms with Crippen LogP contribution < -0.4 is 5.32 Å². The van der Waals surface area contributed by atoms with Gasteiger partial charge in [0.25, 0.3) is 11.8 Å². The van der Waals surface area contributed by atoms with Crippen molar-refractivity contribution in [2.75, 3.05) is 0 Å². The summed E-state index contributed by atoms with van der Waals surface area (Å²) in [4.78, 5) is 21.1. The molecule has 0 radical (unpaired) electrons. The molecule has 0 aliphatic rings. The van der Waals surface area contributed by atoms with Gasteiger partial charge in [-0.1, -0.05) is 18.2 Å². The maximum absolute atomic E-state index is 12.9. The van der Waals surface area contributed by atoms with E-state index in [1.165, 1.54) is 35.6 Å². The molecule has 0 saturated carbocycles. The van der Waals surface area contributed by atoms with Gasteiger partial charge in [-0.2, -0.15) is 4.98 Å². The van der Waals surface area contributed by atoms with Gasteiger partial charge in [0.1, 0.15) is 11.6 Å². The highest BCUT2D eigenvalue weighted by molar-refractivity contribution is 7.09. The van der Waals surface area contributed by atoms with Crippen molar-refractivity contribution in [3.63, 3.8) is 0 Å². The van der Waals surface area contributed by atoms with E-state index in [2.05, 4.69) is 15.3 Å². The summed E-state index contributed by atoms with van der Waals surface area (Å²) in [6.45, 7) is 0.129. The predicted octanol–water partition coefficient (Wildman–Crippen LogP) is 2.61. The van der Waals surface area contributed by atoms with Crippen LogP contribution in [0.4, 0.5) is 4.39 Å². The van der Waals surface area contributed by atoms with Crippen molar-refractivity contribution in [2.24, 2.45) is 0 Å². The quantitative estimate of drug-likeness (QED) is 0.651. The first-order valence-corrected chi connectivity index (χ1v) is 8.25. The fourth-order valence-corrected chi connectivity index (χ4v) is 2.86. The van der Waals surface area contributed by atoms with E-state index in [1.54, 1.807) is 0 Å². The molecule has 3 aromatic rings. The number of amides is 1. The Kier molecular flexibility index (Phi) is 4.90. The number of aromatic hydroxyl groups is 2. The fraction of sp³-hybridized carbons (Fsp3) is 0.118. The standard InChI is InChI=1S/C17H14FN3O3S/c18-11-5-3-10(4-6-11)9-19-16(23)14-15(22)17(24)21-13(20-14)8-12-2-1-7-25-12/h1-7,22H,8-9H2,(H,19,23)(H,20,21,24). The number of hydrogen-bond acceptors (Lipinski definition) is 6. The van der Waals surface area contributed by atoms with Gasteiger partial charge >= 0.3 is 0 Å². The Morgan fingerprint density at radius 1 is 1.16 bits per heavy atom. The normalized spacial score (nSPS) is 10.6. The molecule has 8 heteroatoms. The van der Waals surface area contributed by atoms with Crippen LogP contribution >= 0.6 is 11.3 Å². The Bertz CT molecular complexity index is 883. The minimum absolute atomic E-state index is 0.129. The molecule has 0 bridgehead atoms. The molecule has 0 aliphatic heterocycles. The van der Waals surface area contributed by atoms with Gasteiger partial charge in [-0.05, 0) is 29.1 Å². The van der Waals surface area contributed by atoms with E-state index >= 15 is 0 Å². The van der Waals surface area contributed by atoms with Crippen LogP contribution in [0, 0.1) is 5.82 Å². The third-order valence-electron chi connectivity index (χ3n) is 3.41. The van der Waals surface area contributed by atoms with Crippen molar-refractivity contribution < 1.29 is 19.4 Å². The van der Waals surface area contributed by atoms with E-state index in [9.17, 15) is 19.4 Å². The van der Waals surface area contributed by atoms with Crippen LogP contribution in [0.1, 0.15) is 26.8 Å². The van der Waals surface area contributed by atoms with Crippen LogP contribution in [-0.2, 0) is 13.0 Å². The summed E-state index contributed by atoms with van der Waals surface area (Å²) in [6.07, 6.45) is 0.337. The number of benzene rings is 1. The number of aromatic nitrogens is 2. The largest absolute Gasteiger partial charge is 0.501 e. The molecule has 0 saturated heterocycles. The lowest BCUT2D eigenvalue weighted by atomic mass is 10.2. The Morgan fingerprint density at radius 3 is 2.60 bits per heavy atom. The van der Waals surface area contributed by atoms with E-state index in [0.717, 1.165) is 4.88 Å². The first kappa shape index (κ1) is 16.8. The Hall–Kier alpha value is -3.00. The lowest BCUT2D eigenvalue weighted by molar-refractivity contribution is 0.0941. The first-order valence-electron chi connectivity index (χ1n) is 7.37. The summed E-state index contributed by atoms with van der Waals surface area (Å²) < 4.78 is 12.9. The molecule has 2 aromatic heterocycles. The zero-order valence-corrected chi connectivity index (χ0v) is 13.8. The second-order valence-electron chi connectivity index (χ2n) is 5.23. The van der Waals surface area contributed by atoms with Crippen molar-refractivity contribution in [2.45, 2.75) is 13.0 Å². The van der Waals surface area contributed by atoms with Gasteiger partial charge in [0.2, 0.25) is 5.75 Å². The van der Waals surface area contributed by atoms with E-state index in [-0.39, 0.29) is 23.9 Å². The molecule has 2 heterocycles. The summed E-state index contributed by atoms with van der Waals surface area (Å²) >= 11 is 1.50. The monoisotopic (exact) mass is 359 g/mol. The zero-order valence-electron chi connectivity index (χ0n) is 12.9. The molecule has 0 spiro atoms. The van der Waals surface area contributed by atoms with Crippen molar-refractivity contribution >= 4 is 17.2 Å². The Balaban J connectivity index is 1.76. The molecule has 0 atom stereocenters. The third kappa shape index (κ3) is 4.10. The molecule has 0 fully saturated rings. The molecule has 3 rings (SSSR count). The van der Waals surface area contributed by atoms with Crippen LogP contribution in [0.3, 0.4) is 0 Å². The van der Waals surface area contributed by atoms with Crippen molar-refractivity contribution in [1.82, 2.24) is 15.3 Å². The maximum atomic E-state index is 12.9. The molecule has 6 nitrogen and oxygen atoms in total. The number of carbonyl (C=O) groups is 1. The van der Waals surface area contributed by atoms with Crippen molar-refractivity contribution in [3.8, 4) is 11.6 Å². The van der Waals surface area contributed by atoms with E-state index < -0.39 is 17.5 Å². The topological polar surface area (TPSA) is 95.3 Å². The average molecular weight is 359 g/mol. The van der Waals surface area contributed by atoms with Gasteiger partial charge in [-0.3, -0.25) is 4.79 Å². The molecule has 128 valence electrons. The van der Waals surface area contributed by atoms with Crippen LogP contribution in [-0.4, -0.2) is 26.1 Å². The molecule has 0 aliphatic carbocycles. The number of carbonyl (C=O) groups excluding carboxylic acids is 1. The predicted molar refractivity (Wildman–Crippen MR) is 90.1 cm³/mol. The number of hydrogen-bond donors (Lipinski definition) is 3. The van der Waals surface area contributed by atoms with Crippen molar-refractivity contribution in [1.29, 1.82) is 0 Å².